The highest BCUT2D eigenvalue weighted by atomic mass is 31.2. The molecule has 0 radical (unpaired) electrons. The summed E-state index contributed by atoms with van der Waals surface area (Å²) >= 11 is 0. The zero-order valence-corrected chi connectivity index (χ0v) is 14.0. The van der Waals surface area contributed by atoms with Gasteiger partial charge >= 0.3 is 5.97 Å². The van der Waals surface area contributed by atoms with Crippen LogP contribution >= 0.6 is 7.05 Å². The molecule has 0 atom stereocenters. The zero-order valence-electron chi connectivity index (χ0n) is 13.1. The monoisotopic (exact) mass is 313 g/mol. The lowest BCUT2D eigenvalue weighted by Gasteiger charge is -2.21. The van der Waals surface area contributed by atoms with E-state index in [1.807, 2.05) is 43.3 Å². The minimum atomic E-state index is -1.95. The Morgan fingerprint density at radius 1 is 1.00 bits per heavy atom. The largest absolute Gasteiger partial charge is 0.466 e. The van der Waals surface area contributed by atoms with Crippen LogP contribution in [-0.4, -0.2) is 19.7 Å². The number of rotatable bonds is 4. The number of esters is 1. The minimum Gasteiger partial charge on any atom is -0.466 e. The van der Waals surface area contributed by atoms with E-state index in [-0.39, 0.29) is 5.97 Å². The second-order valence-electron chi connectivity index (χ2n) is 5.04. The number of benzene rings is 2. The summed E-state index contributed by atoms with van der Waals surface area (Å²) in [6.45, 7) is 3.99. The summed E-state index contributed by atoms with van der Waals surface area (Å²) in [6.07, 6.45) is 1.43. The third-order valence-electron chi connectivity index (χ3n) is 3.40. The summed E-state index contributed by atoms with van der Waals surface area (Å²) in [5.41, 5.74) is 0.676. The van der Waals surface area contributed by atoms with E-state index >= 15 is 0 Å². The first kappa shape index (κ1) is 16.3. The van der Waals surface area contributed by atoms with E-state index in [9.17, 15) is 4.79 Å². The van der Waals surface area contributed by atoms with Crippen molar-refractivity contribution in [3.63, 3.8) is 0 Å². The molecule has 3 nitrogen and oxygen atoms in total. The van der Waals surface area contributed by atoms with Crippen LogP contribution in [0.4, 0.5) is 0 Å². The maximum atomic E-state index is 11.4. The number of methoxy groups -OCH3 is 1. The Labute approximate surface area is 131 Å². The standard InChI is InChI=1S/C18H20NO2P/c1-15(14-18(20)21-2)19-22(3,16-10-6-4-7-11-16)17-12-8-5-9-13-17/h4-14H,1-3H3/b15-14+. The van der Waals surface area contributed by atoms with Crippen molar-refractivity contribution in [1.29, 1.82) is 0 Å². The van der Waals surface area contributed by atoms with Crippen molar-refractivity contribution in [2.45, 2.75) is 6.92 Å². The smallest absolute Gasteiger partial charge is 0.332 e. The normalized spacial score (nSPS) is 11.9. The molecule has 0 aliphatic heterocycles. The SMILES string of the molecule is COC(=O)/C=C(\C)N=P(C)(c1ccccc1)c1ccccc1. The number of carbonyl (C=O) groups excluding carboxylic acids is 1. The second-order valence-corrected chi connectivity index (χ2v) is 8.19. The van der Waals surface area contributed by atoms with E-state index < -0.39 is 7.05 Å². The summed E-state index contributed by atoms with van der Waals surface area (Å²) in [6, 6.07) is 20.4. The van der Waals surface area contributed by atoms with Crippen LogP contribution in [0.1, 0.15) is 6.92 Å². The van der Waals surface area contributed by atoms with Crippen molar-refractivity contribution in [3.8, 4) is 0 Å². The molecule has 4 heteroatoms. The molecule has 0 amide bonds. The van der Waals surface area contributed by atoms with Gasteiger partial charge in [-0.1, -0.05) is 60.7 Å². The van der Waals surface area contributed by atoms with Crippen molar-refractivity contribution in [1.82, 2.24) is 0 Å². The second kappa shape index (κ2) is 7.24. The lowest BCUT2D eigenvalue weighted by Crippen LogP contribution is -2.15. The molecule has 22 heavy (non-hydrogen) atoms. The Kier molecular flexibility index (Phi) is 5.35. The van der Waals surface area contributed by atoms with Crippen molar-refractivity contribution in [3.05, 3.63) is 72.4 Å². The van der Waals surface area contributed by atoms with Crippen molar-refractivity contribution in [2.75, 3.05) is 13.8 Å². The molecule has 2 rings (SSSR count). The molecule has 0 aliphatic carbocycles. The quantitative estimate of drug-likeness (QED) is 0.492. The molecule has 0 aromatic heterocycles. The Morgan fingerprint density at radius 2 is 1.45 bits per heavy atom. The first-order chi connectivity index (χ1) is 10.6. The third-order valence-corrected chi connectivity index (χ3v) is 6.73. The van der Waals surface area contributed by atoms with Crippen molar-refractivity contribution in [2.24, 2.45) is 4.74 Å². The molecular formula is C18H20NO2P. The molecule has 0 saturated carbocycles. The molecular weight excluding hydrogens is 293 g/mol. The molecule has 0 unspecified atom stereocenters. The number of carbonyl (C=O) groups is 1. The van der Waals surface area contributed by atoms with Gasteiger partial charge in [0.2, 0.25) is 0 Å². The predicted molar refractivity (Wildman–Crippen MR) is 93.2 cm³/mol. The summed E-state index contributed by atoms with van der Waals surface area (Å²) in [5.74, 6) is -0.381. The van der Waals surface area contributed by atoms with Gasteiger partial charge < -0.3 is 4.74 Å². The van der Waals surface area contributed by atoms with Gasteiger partial charge in [0.05, 0.1) is 7.11 Å². The van der Waals surface area contributed by atoms with E-state index in [0.717, 1.165) is 0 Å². The fraction of sp³-hybridized carbons (Fsp3) is 0.167. The third kappa shape index (κ3) is 3.75. The fourth-order valence-corrected chi connectivity index (χ4v) is 5.00. The molecule has 0 aliphatic rings. The average molecular weight is 313 g/mol. The van der Waals surface area contributed by atoms with E-state index in [1.165, 1.54) is 23.8 Å². The van der Waals surface area contributed by atoms with E-state index in [4.69, 9.17) is 4.74 Å². The van der Waals surface area contributed by atoms with E-state index in [2.05, 4.69) is 35.7 Å². The van der Waals surface area contributed by atoms with Crippen molar-refractivity contribution < 1.29 is 9.53 Å². The average Bonchev–Trinajstić information content (AvgIpc) is 2.56. The van der Waals surface area contributed by atoms with Gasteiger partial charge in [0, 0.05) is 18.8 Å². The topological polar surface area (TPSA) is 38.7 Å². The van der Waals surface area contributed by atoms with Gasteiger partial charge in [-0.2, -0.15) is 0 Å². The number of hydrogen-bond acceptors (Lipinski definition) is 3. The van der Waals surface area contributed by atoms with Gasteiger partial charge in [-0.15, -0.1) is 0 Å². The molecule has 0 heterocycles. The number of hydrogen-bond donors (Lipinski definition) is 0. The first-order valence-corrected chi connectivity index (χ1v) is 9.22. The van der Waals surface area contributed by atoms with E-state index in [1.54, 1.807) is 0 Å². The highest BCUT2D eigenvalue weighted by Crippen LogP contribution is 2.44. The number of allylic oxidation sites excluding steroid dienone is 1. The van der Waals surface area contributed by atoms with Gasteiger partial charge in [0.1, 0.15) is 0 Å². The van der Waals surface area contributed by atoms with Crippen LogP contribution < -0.4 is 10.6 Å². The van der Waals surface area contributed by atoms with Gasteiger partial charge in [0.15, 0.2) is 0 Å². The van der Waals surface area contributed by atoms with Crippen LogP contribution in [0.2, 0.25) is 0 Å². The Morgan fingerprint density at radius 3 is 1.86 bits per heavy atom. The first-order valence-electron chi connectivity index (χ1n) is 7.03. The fourth-order valence-electron chi connectivity index (χ4n) is 2.27. The van der Waals surface area contributed by atoms with Crippen LogP contribution in [0.5, 0.6) is 0 Å². The van der Waals surface area contributed by atoms with Crippen LogP contribution in [0, 0.1) is 0 Å². The molecule has 0 fully saturated rings. The van der Waals surface area contributed by atoms with Gasteiger partial charge in [-0.05, 0) is 24.2 Å². The molecule has 2 aromatic carbocycles. The molecule has 114 valence electrons. The molecule has 2 aromatic rings. The molecule has 0 spiro atoms. The van der Waals surface area contributed by atoms with Gasteiger partial charge in [-0.3, -0.25) is 4.74 Å². The van der Waals surface area contributed by atoms with Crippen LogP contribution in [0.15, 0.2) is 77.2 Å². The zero-order chi connectivity index (χ0) is 16.0. The summed E-state index contributed by atoms with van der Waals surface area (Å²) < 4.78 is 9.59. The van der Waals surface area contributed by atoms with Crippen LogP contribution in [0.3, 0.4) is 0 Å². The van der Waals surface area contributed by atoms with Gasteiger partial charge in [-0.25, -0.2) is 4.79 Å². The predicted octanol–water partition coefficient (Wildman–Crippen LogP) is 3.55. The van der Waals surface area contributed by atoms with Gasteiger partial charge in [0.25, 0.3) is 0 Å². The van der Waals surface area contributed by atoms with Crippen LogP contribution in [-0.2, 0) is 9.53 Å². The lowest BCUT2D eigenvalue weighted by molar-refractivity contribution is -0.134. The summed E-state index contributed by atoms with van der Waals surface area (Å²) in [7, 11) is -0.578. The van der Waals surface area contributed by atoms with E-state index in [0.29, 0.717) is 5.70 Å². The molecule has 0 saturated heterocycles. The molecule has 0 bridgehead atoms. The number of nitrogens with zero attached hydrogens (tertiary/aromatic N) is 1. The summed E-state index contributed by atoms with van der Waals surface area (Å²) in [5, 5.41) is 2.36. The maximum Gasteiger partial charge on any atom is 0.332 e. The minimum absolute atomic E-state index is 0.381. The Bertz CT molecular complexity index is 678. The molecule has 0 N–H and O–H groups in total. The number of ether oxygens (including phenoxy) is 1. The van der Waals surface area contributed by atoms with Crippen molar-refractivity contribution >= 4 is 23.6 Å². The lowest BCUT2D eigenvalue weighted by atomic mass is 10.4. The summed E-state index contributed by atoms with van der Waals surface area (Å²) in [4.78, 5) is 11.4. The Balaban J connectivity index is 2.62. The highest BCUT2D eigenvalue weighted by molar-refractivity contribution is 7.80. The van der Waals surface area contributed by atoms with Crippen LogP contribution in [0.25, 0.3) is 0 Å². The maximum absolute atomic E-state index is 11.4. The highest BCUT2D eigenvalue weighted by Gasteiger charge is 2.18. The Hall–Kier alpha value is -2.12.